The lowest BCUT2D eigenvalue weighted by atomic mass is 10.1. The fourth-order valence-electron chi connectivity index (χ4n) is 3.71. The number of hydrogen-bond acceptors (Lipinski definition) is 6. The zero-order valence-corrected chi connectivity index (χ0v) is 17.7. The van der Waals surface area contributed by atoms with Gasteiger partial charge in [-0.15, -0.1) is 0 Å². The lowest BCUT2D eigenvalue weighted by Gasteiger charge is -2.35. The van der Waals surface area contributed by atoms with Gasteiger partial charge in [0, 0.05) is 43.8 Å². The summed E-state index contributed by atoms with van der Waals surface area (Å²) in [7, 11) is -4.67. The van der Waals surface area contributed by atoms with Crippen molar-refractivity contribution in [1.82, 2.24) is 9.47 Å². The quantitative estimate of drug-likeness (QED) is 0.585. The lowest BCUT2D eigenvalue weighted by Crippen LogP contribution is -2.46. The van der Waals surface area contributed by atoms with Gasteiger partial charge in [-0.1, -0.05) is 6.92 Å². The summed E-state index contributed by atoms with van der Waals surface area (Å²) in [6.45, 7) is 6.31. The van der Waals surface area contributed by atoms with Crippen molar-refractivity contribution >= 4 is 33.0 Å². The Balaban J connectivity index is 0.000000491. The summed E-state index contributed by atoms with van der Waals surface area (Å²) in [6.07, 6.45) is 3.30. The molecular weight excluding hydrogens is 433 g/mol. The molecule has 0 bridgehead atoms. The summed E-state index contributed by atoms with van der Waals surface area (Å²) in [5, 5.41) is 9.45. The molecule has 31 heavy (non-hydrogen) atoms. The van der Waals surface area contributed by atoms with Gasteiger partial charge >= 0.3 is 16.4 Å². The average Bonchev–Trinajstić information content (AvgIpc) is 3.52. The fourth-order valence-corrected chi connectivity index (χ4v) is 3.71. The zero-order chi connectivity index (χ0) is 22.9. The van der Waals surface area contributed by atoms with Crippen molar-refractivity contribution in [2.24, 2.45) is 0 Å². The lowest BCUT2D eigenvalue weighted by molar-refractivity contribution is 0.0694. The maximum Gasteiger partial charge on any atom is 0.394 e. The van der Waals surface area contributed by atoms with Crippen LogP contribution in [0.25, 0.3) is 10.9 Å². The van der Waals surface area contributed by atoms with E-state index >= 15 is 0 Å². The normalized spacial score (nSPS) is 17.4. The Morgan fingerprint density at radius 2 is 1.74 bits per heavy atom. The highest BCUT2D eigenvalue weighted by molar-refractivity contribution is 7.79. The molecule has 12 heteroatoms. The Hall–Kier alpha value is -2.54. The fraction of sp³-hybridized carbons (Fsp3) is 0.474. The molecule has 1 aliphatic heterocycles. The van der Waals surface area contributed by atoms with Crippen LogP contribution in [0.2, 0.25) is 0 Å². The van der Waals surface area contributed by atoms with E-state index in [4.69, 9.17) is 17.5 Å². The summed E-state index contributed by atoms with van der Waals surface area (Å²) in [4.78, 5) is 28.2. The Bertz CT molecular complexity index is 1150. The summed E-state index contributed by atoms with van der Waals surface area (Å²) in [5.74, 6) is -1.74. The number of carbonyl (C=O) groups is 1. The van der Waals surface area contributed by atoms with E-state index in [-0.39, 0.29) is 17.0 Å². The Morgan fingerprint density at radius 3 is 2.23 bits per heavy atom. The summed E-state index contributed by atoms with van der Waals surface area (Å²) >= 11 is 0. The van der Waals surface area contributed by atoms with Gasteiger partial charge in [0.2, 0.25) is 5.43 Å². The summed E-state index contributed by atoms with van der Waals surface area (Å²) < 4.78 is 48.2. The predicted molar refractivity (Wildman–Crippen MR) is 112 cm³/mol. The van der Waals surface area contributed by atoms with E-state index in [1.165, 1.54) is 12.3 Å². The van der Waals surface area contributed by atoms with E-state index in [0.717, 1.165) is 45.6 Å². The summed E-state index contributed by atoms with van der Waals surface area (Å²) in [5.41, 5.74) is 0.195. The minimum atomic E-state index is -4.67. The molecule has 0 spiro atoms. The third-order valence-electron chi connectivity index (χ3n) is 5.43. The Morgan fingerprint density at radius 1 is 1.16 bits per heavy atom. The number of carboxylic acids is 1. The van der Waals surface area contributed by atoms with Crippen LogP contribution in [-0.2, 0) is 10.4 Å². The maximum atomic E-state index is 14.8. The van der Waals surface area contributed by atoms with Gasteiger partial charge in [-0.25, -0.2) is 9.18 Å². The third-order valence-corrected chi connectivity index (χ3v) is 5.43. The monoisotopic (exact) mass is 457 g/mol. The van der Waals surface area contributed by atoms with Crippen LogP contribution < -0.4 is 10.3 Å². The number of pyridine rings is 1. The highest BCUT2D eigenvalue weighted by Crippen LogP contribution is 2.38. The SMILES string of the molecule is CCN1CCN(c2cc3c(cc2F)c(=O)c(C(=O)O)cn3C2CC2)CC1.O=S(=O)(O)O. The van der Waals surface area contributed by atoms with E-state index in [1.807, 2.05) is 9.47 Å². The molecule has 0 atom stereocenters. The number of carboxylic acid groups (broad SMARTS) is 1. The molecule has 1 aliphatic carbocycles. The Labute approximate surface area is 178 Å². The van der Waals surface area contributed by atoms with Crippen LogP contribution in [0.3, 0.4) is 0 Å². The molecule has 170 valence electrons. The van der Waals surface area contributed by atoms with E-state index < -0.39 is 27.6 Å². The average molecular weight is 457 g/mol. The highest BCUT2D eigenvalue weighted by atomic mass is 32.3. The van der Waals surface area contributed by atoms with Crippen LogP contribution in [0.5, 0.6) is 0 Å². The van der Waals surface area contributed by atoms with Gasteiger partial charge in [-0.3, -0.25) is 13.9 Å². The number of piperazine rings is 1. The number of nitrogens with zero attached hydrogens (tertiary/aromatic N) is 3. The van der Waals surface area contributed by atoms with Gasteiger partial charge in [0.15, 0.2) is 0 Å². The molecule has 1 aromatic carbocycles. The van der Waals surface area contributed by atoms with Crippen molar-refractivity contribution < 1.29 is 31.8 Å². The predicted octanol–water partition coefficient (Wildman–Crippen LogP) is 1.66. The van der Waals surface area contributed by atoms with Gasteiger partial charge in [-0.05, 0) is 31.5 Å². The number of fused-ring (bicyclic) bond motifs is 1. The number of halogens is 1. The molecule has 2 fully saturated rings. The number of rotatable bonds is 4. The van der Waals surface area contributed by atoms with Crippen LogP contribution in [-0.4, -0.2) is 70.8 Å². The molecule has 2 heterocycles. The second kappa shape index (κ2) is 8.91. The van der Waals surface area contributed by atoms with E-state index in [2.05, 4.69) is 11.8 Å². The number of aromatic nitrogens is 1. The topological polar surface area (TPSA) is 140 Å². The highest BCUT2D eigenvalue weighted by Gasteiger charge is 2.28. The minimum absolute atomic E-state index is 0.144. The standard InChI is InChI=1S/C19H22FN3O3.H2O4S/c1-2-21-5-7-22(8-6-21)17-10-16-13(9-15(17)20)18(24)14(19(25)26)11-23(16)12-3-4-12;1-5(2,3)4/h9-12H,2-8H2,1H3,(H,25,26);(H2,1,2,3,4). The molecule has 1 aromatic heterocycles. The van der Waals surface area contributed by atoms with E-state index in [1.54, 1.807) is 6.07 Å². The summed E-state index contributed by atoms with van der Waals surface area (Å²) in [6, 6.07) is 3.12. The third kappa shape index (κ3) is 5.58. The first-order valence-electron chi connectivity index (χ1n) is 9.78. The maximum absolute atomic E-state index is 14.8. The van der Waals surface area contributed by atoms with Crippen LogP contribution in [0.15, 0.2) is 23.1 Å². The molecule has 1 saturated heterocycles. The molecule has 0 unspecified atom stereocenters. The number of aromatic carboxylic acids is 1. The molecule has 2 aromatic rings. The second-order valence-electron chi connectivity index (χ2n) is 7.51. The van der Waals surface area contributed by atoms with Crippen LogP contribution in [0.4, 0.5) is 10.1 Å². The molecule has 3 N–H and O–H groups in total. The smallest absolute Gasteiger partial charge is 0.394 e. The molecule has 1 saturated carbocycles. The number of hydrogen-bond donors (Lipinski definition) is 3. The molecule has 10 nitrogen and oxygen atoms in total. The van der Waals surface area contributed by atoms with Gasteiger partial charge in [0.05, 0.1) is 11.2 Å². The van der Waals surface area contributed by atoms with Crippen molar-refractivity contribution in [3.63, 3.8) is 0 Å². The molecule has 4 rings (SSSR count). The van der Waals surface area contributed by atoms with Crippen molar-refractivity contribution in [1.29, 1.82) is 0 Å². The second-order valence-corrected chi connectivity index (χ2v) is 8.40. The van der Waals surface area contributed by atoms with Crippen LogP contribution in [0.1, 0.15) is 36.2 Å². The largest absolute Gasteiger partial charge is 0.477 e. The molecule has 0 amide bonds. The van der Waals surface area contributed by atoms with Gasteiger partial charge in [0.1, 0.15) is 11.4 Å². The van der Waals surface area contributed by atoms with Crippen molar-refractivity contribution in [2.45, 2.75) is 25.8 Å². The van der Waals surface area contributed by atoms with Crippen LogP contribution >= 0.6 is 0 Å². The molecular formula is C19H24FN3O7S. The first-order chi connectivity index (χ1) is 14.5. The minimum Gasteiger partial charge on any atom is -0.477 e. The van der Waals surface area contributed by atoms with Crippen molar-refractivity contribution in [2.75, 3.05) is 37.6 Å². The number of likely N-dealkylation sites (N-methyl/N-ethyl adjacent to an activating group) is 1. The van der Waals surface area contributed by atoms with Crippen molar-refractivity contribution in [3.05, 3.63) is 39.9 Å². The molecule has 0 radical (unpaired) electrons. The first kappa shape index (κ1) is 23.1. The van der Waals surface area contributed by atoms with Gasteiger partial charge < -0.3 is 19.5 Å². The van der Waals surface area contributed by atoms with Crippen molar-refractivity contribution in [3.8, 4) is 0 Å². The van der Waals surface area contributed by atoms with Gasteiger partial charge in [0.25, 0.3) is 0 Å². The van der Waals surface area contributed by atoms with Crippen LogP contribution in [0, 0.1) is 5.82 Å². The first-order valence-corrected chi connectivity index (χ1v) is 11.2. The zero-order valence-electron chi connectivity index (χ0n) is 16.9. The number of benzene rings is 1. The Kier molecular flexibility index (Phi) is 6.65. The van der Waals surface area contributed by atoms with E-state index in [9.17, 15) is 19.1 Å². The van der Waals surface area contributed by atoms with E-state index in [0.29, 0.717) is 11.2 Å². The van der Waals surface area contributed by atoms with Gasteiger partial charge in [-0.2, -0.15) is 8.42 Å². The molecule has 2 aliphatic rings. The number of anilines is 1.